The van der Waals surface area contributed by atoms with Crippen LogP contribution in [0.15, 0.2) is 24.3 Å². The molecule has 0 spiro atoms. The summed E-state index contributed by atoms with van der Waals surface area (Å²) in [6, 6.07) is 0. The van der Waals surface area contributed by atoms with Gasteiger partial charge in [-0.05, 0) is 69.2 Å². The molecule has 5 heterocycles. The Balaban J connectivity index is -0.000000287. The van der Waals surface area contributed by atoms with E-state index in [4.69, 9.17) is 0 Å². The van der Waals surface area contributed by atoms with Crippen molar-refractivity contribution in [3.05, 3.63) is 24.3 Å². The maximum absolute atomic E-state index is 11.8. The monoisotopic (exact) mass is 1230 g/mol. The predicted octanol–water partition coefficient (Wildman–Crippen LogP) is 1.20. The van der Waals surface area contributed by atoms with E-state index in [0.29, 0.717) is 40.5 Å². The van der Waals surface area contributed by atoms with Crippen molar-refractivity contribution in [3.8, 4) is 0 Å². The Morgan fingerprint density at radius 3 is 1.15 bits per heavy atom. The fraction of sp³-hybridized carbons (Fsp3) is 0.531. The highest BCUT2D eigenvalue weighted by Gasteiger charge is 2.48. The van der Waals surface area contributed by atoms with Gasteiger partial charge in [-0.15, -0.1) is 21.9 Å². The van der Waals surface area contributed by atoms with Crippen LogP contribution in [0.25, 0.3) is 0 Å². The third kappa shape index (κ3) is 35.6. The van der Waals surface area contributed by atoms with Crippen LogP contribution in [0, 0.1) is 0 Å². The molecule has 454 valence electrons. The summed E-state index contributed by atoms with van der Waals surface area (Å²) in [6.45, 7) is 18.9. The lowest BCUT2D eigenvalue weighted by Gasteiger charge is -2.26. The summed E-state index contributed by atoms with van der Waals surface area (Å²) in [4.78, 5) is 217. The van der Waals surface area contributed by atoms with Gasteiger partial charge in [0.05, 0.1) is 35.5 Å². The first-order valence-electron chi connectivity index (χ1n) is 23.7. The van der Waals surface area contributed by atoms with Gasteiger partial charge in [-0.2, -0.15) is 17.1 Å². The normalized spacial score (nSPS) is 15.8. The Hall–Kier alpha value is -6.71. The van der Waals surface area contributed by atoms with Crippen molar-refractivity contribution >= 4 is 158 Å². The first kappa shape index (κ1) is 83.1. The number of likely N-dealkylation sites (N-methyl/N-ethyl adjacent to an activating group) is 2. The molecule has 28 nitrogen and oxygen atoms in total. The molecule has 0 aromatic heterocycles. The minimum atomic E-state index is -0.971. The van der Waals surface area contributed by atoms with Crippen LogP contribution in [-0.2, 0) is 101 Å². The fourth-order valence-corrected chi connectivity index (χ4v) is 7.10. The maximum Gasteiger partial charge on any atom is 0.388 e. The second-order valence-electron chi connectivity index (χ2n) is 16.4. The molecule has 0 bridgehead atoms. The molecule has 10 amide bonds. The van der Waals surface area contributed by atoms with Crippen LogP contribution in [0.5, 0.6) is 0 Å². The van der Waals surface area contributed by atoms with Gasteiger partial charge in [-0.25, -0.2) is 19.2 Å². The zero-order valence-electron chi connectivity index (χ0n) is 47.3. The van der Waals surface area contributed by atoms with Crippen molar-refractivity contribution in [1.29, 1.82) is 0 Å². The minimum Gasteiger partial charge on any atom is -0.412 e. The molecule has 0 aliphatic carbocycles. The molecule has 5 rings (SSSR count). The number of Topliss-reactive ketones (excluding diaryl/α,β-unsaturated/α-hetero) is 5. The van der Waals surface area contributed by atoms with E-state index >= 15 is 0 Å². The van der Waals surface area contributed by atoms with Gasteiger partial charge in [0.2, 0.25) is 11.8 Å². The van der Waals surface area contributed by atoms with E-state index in [1.165, 1.54) is 96.0 Å². The minimum absolute atomic E-state index is 0. The summed E-state index contributed by atoms with van der Waals surface area (Å²) in [5, 5.41) is 0.285. The van der Waals surface area contributed by atoms with Gasteiger partial charge in [0, 0.05) is 76.9 Å². The number of nitrogens with zero attached hydrogens (tertiary/aromatic N) is 5. The van der Waals surface area contributed by atoms with Crippen molar-refractivity contribution in [2.45, 2.75) is 120 Å². The lowest BCUT2D eigenvalue weighted by atomic mass is 10.3. The number of hydroxylamine groups is 4. The van der Waals surface area contributed by atoms with Crippen LogP contribution in [0.4, 0.5) is 0 Å². The van der Waals surface area contributed by atoms with Crippen LogP contribution < -0.4 is 6.15 Å². The average Bonchev–Trinajstić information content (AvgIpc) is 4.11. The molecule has 0 saturated carbocycles. The number of carbonyl (C=O) groups excluding carboxylic acids is 19. The molecule has 32 heteroatoms. The highest BCUT2D eigenvalue weighted by atomic mass is 32.2. The Bertz CT molecular complexity index is 2320. The van der Waals surface area contributed by atoms with Gasteiger partial charge in [-0.3, -0.25) is 72.1 Å². The average molecular weight is 1230 g/mol. The fourth-order valence-electron chi connectivity index (χ4n) is 5.35. The SMILES string of the molecule is CC(=O)CS.CC(=O)CSC(C)=O.CC(=O)SCC(=O)ON1C(=O)CCC1=O.CC(C)=O.CC(C)=O.CCN1C(=O)C=CC1=O.CCN1C(=O)CC(SCC(C)=O)C1=O.CC[N+]1(CC(=O)ON2C(=O)CCC2=O)C(=O)C=CC1=O.N.O. The van der Waals surface area contributed by atoms with E-state index in [9.17, 15) is 91.1 Å². The summed E-state index contributed by atoms with van der Waals surface area (Å²) in [6.07, 6.45) is 5.11. The number of thioether (sulfide) groups is 3. The molecule has 3 fully saturated rings. The molecule has 5 aliphatic heterocycles. The number of hydrogen-bond acceptors (Lipinski definition) is 26. The third-order valence-corrected chi connectivity index (χ3v) is 12.4. The molecule has 0 aromatic rings. The maximum atomic E-state index is 11.8. The lowest BCUT2D eigenvalue weighted by Crippen LogP contribution is -2.56. The molecule has 81 heavy (non-hydrogen) atoms. The van der Waals surface area contributed by atoms with Crippen molar-refractivity contribution < 1.29 is 111 Å². The molecule has 1 unspecified atom stereocenters. The topological polar surface area (TPSA) is 422 Å². The second kappa shape index (κ2) is 44.0. The molecule has 1 atom stereocenters. The van der Waals surface area contributed by atoms with E-state index in [1.54, 1.807) is 20.8 Å². The van der Waals surface area contributed by atoms with E-state index < -0.39 is 58.4 Å². The first-order chi connectivity index (χ1) is 36.6. The van der Waals surface area contributed by atoms with Crippen molar-refractivity contribution in [1.82, 2.24) is 26.1 Å². The number of imide groups is 5. The zero-order chi connectivity index (χ0) is 61.9. The smallest absolute Gasteiger partial charge is 0.388 e. The number of thiol groups is 1. The Labute approximate surface area is 486 Å². The van der Waals surface area contributed by atoms with Crippen LogP contribution in [0.2, 0.25) is 0 Å². The number of hydrogen-bond donors (Lipinski definition) is 2. The number of likely N-dealkylation sites (tertiary alicyclic amines) is 1. The van der Waals surface area contributed by atoms with Crippen molar-refractivity contribution in [2.75, 3.05) is 49.2 Å². The quantitative estimate of drug-likeness (QED) is 0.132. The summed E-state index contributed by atoms with van der Waals surface area (Å²) >= 11 is 6.74. The molecule has 0 aromatic carbocycles. The number of rotatable bonds is 15. The highest BCUT2D eigenvalue weighted by molar-refractivity contribution is 8.14. The van der Waals surface area contributed by atoms with Gasteiger partial charge in [0.1, 0.15) is 34.7 Å². The molecular formula is C49H73N6O22S4+. The van der Waals surface area contributed by atoms with Crippen molar-refractivity contribution in [3.63, 3.8) is 0 Å². The van der Waals surface area contributed by atoms with Crippen LogP contribution in [-0.4, -0.2) is 194 Å². The van der Waals surface area contributed by atoms with Gasteiger partial charge >= 0.3 is 23.8 Å². The molecular weight excluding hydrogens is 1150 g/mol. The summed E-state index contributed by atoms with van der Waals surface area (Å²) < 4.78 is -0.713. The van der Waals surface area contributed by atoms with Gasteiger partial charge < -0.3 is 30.9 Å². The van der Waals surface area contributed by atoms with E-state index in [2.05, 4.69) is 22.3 Å². The lowest BCUT2D eigenvalue weighted by molar-refractivity contribution is -0.762. The number of amides is 10. The number of ketones is 5. The van der Waals surface area contributed by atoms with E-state index in [0.717, 1.165) is 35.7 Å². The largest absolute Gasteiger partial charge is 0.412 e. The molecule has 3 saturated heterocycles. The van der Waals surface area contributed by atoms with Gasteiger partial charge in [0.25, 0.3) is 35.4 Å². The number of quaternary nitrogens is 1. The number of carbonyl (C=O) groups is 19. The van der Waals surface area contributed by atoms with Crippen molar-refractivity contribution in [2.24, 2.45) is 0 Å². The third-order valence-electron chi connectivity index (χ3n) is 8.87. The van der Waals surface area contributed by atoms with E-state index in [-0.39, 0.29) is 124 Å². The Kier molecular flexibility index (Phi) is 45.2. The van der Waals surface area contributed by atoms with Gasteiger partial charge in [0.15, 0.2) is 16.8 Å². The second-order valence-corrected chi connectivity index (χ2v) is 20.2. The zero-order valence-corrected chi connectivity index (χ0v) is 50.6. The molecule has 0 radical (unpaired) electrons. The molecule has 5 aliphatic rings. The standard InChI is InChI=1S/C12H13N2O6.C9H13NO3S.C8H9NO5S.C6H7NO2.C5H8O2S.C3H6OS.2C3H6O.H3N.H2O/c1-2-14(10(17)5-6-11(14)18)7-12(19)20-13-8(15)3-4-9(13)16;1-3-10-8(12)4-7(9(10)13)14-5-6(2)11;1-5(10)15-4-8(13)14-9-6(11)2-3-7(9)12;1-2-7-5(8)3-4-6(7)9;1-4(6)3-8-5(2)7;1-3(4)2-5;2*1-3(2)4;;/h5-6H,2-4,7H2,1H3;7H,3-5H2,1-2H3;2-4H2,1H3;3-4H,2H2,1H3;3H2,1-2H3;5H,2H2,1H3;2*1-2H3;1H3;1H2/q+1;;;;;;;;;. The summed E-state index contributed by atoms with van der Waals surface area (Å²) in [5.41, 5.74) is 0. The summed E-state index contributed by atoms with van der Waals surface area (Å²) in [7, 11) is 0. The highest BCUT2D eigenvalue weighted by Crippen LogP contribution is 2.25. The van der Waals surface area contributed by atoms with E-state index in [1.807, 2.05) is 0 Å². The molecule has 5 N–H and O–H groups in total. The first-order valence-corrected chi connectivity index (χ1v) is 27.3. The van der Waals surface area contributed by atoms with Crippen LogP contribution in [0.1, 0.15) is 115 Å². The van der Waals surface area contributed by atoms with Crippen LogP contribution in [0.3, 0.4) is 0 Å². The summed E-state index contributed by atoms with van der Waals surface area (Å²) in [5.74, 6) is -4.43. The predicted molar refractivity (Wildman–Crippen MR) is 297 cm³/mol. The van der Waals surface area contributed by atoms with Crippen LogP contribution >= 0.6 is 47.9 Å². The Morgan fingerprint density at radius 2 is 0.877 bits per heavy atom. The van der Waals surface area contributed by atoms with Gasteiger partial charge in [-0.1, -0.05) is 23.5 Å². The Morgan fingerprint density at radius 1 is 0.531 bits per heavy atom.